The van der Waals surface area contributed by atoms with Gasteiger partial charge in [0.05, 0.1) is 6.04 Å². The molecule has 1 aliphatic heterocycles. The van der Waals surface area contributed by atoms with Crippen molar-refractivity contribution in [2.75, 3.05) is 6.61 Å². The SMILES string of the molecule is Cc1ccc2c(c1)[C@@H](NC(=O)Cn1c(C)cc(O)cc1=O)CO2. The van der Waals surface area contributed by atoms with Crippen LogP contribution in [0.1, 0.15) is 22.9 Å². The van der Waals surface area contributed by atoms with Crippen LogP contribution in [0.5, 0.6) is 11.5 Å². The molecule has 0 aliphatic carbocycles. The van der Waals surface area contributed by atoms with Crippen LogP contribution in [0.2, 0.25) is 0 Å². The summed E-state index contributed by atoms with van der Waals surface area (Å²) >= 11 is 0. The van der Waals surface area contributed by atoms with Crippen LogP contribution in [0, 0.1) is 13.8 Å². The Morgan fingerprint density at radius 2 is 2.13 bits per heavy atom. The van der Waals surface area contributed by atoms with Crippen molar-refractivity contribution in [2.24, 2.45) is 0 Å². The fourth-order valence-electron chi connectivity index (χ4n) is 2.75. The molecule has 2 heterocycles. The minimum atomic E-state index is -0.406. The lowest BCUT2D eigenvalue weighted by Gasteiger charge is -2.14. The molecule has 0 saturated heterocycles. The Morgan fingerprint density at radius 1 is 1.35 bits per heavy atom. The molecule has 1 aliphatic rings. The number of aryl methyl sites for hydroxylation is 2. The number of benzene rings is 1. The number of amides is 1. The van der Waals surface area contributed by atoms with Crippen molar-refractivity contribution in [2.45, 2.75) is 26.4 Å². The lowest BCUT2D eigenvalue weighted by molar-refractivity contribution is -0.122. The van der Waals surface area contributed by atoms with Crippen molar-refractivity contribution in [3.63, 3.8) is 0 Å². The van der Waals surface area contributed by atoms with Gasteiger partial charge in [-0.1, -0.05) is 17.7 Å². The van der Waals surface area contributed by atoms with Crippen molar-refractivity contribution in [3.05, 3.63) is 57.5 Å². The number of rotatable bonds is 3. The topological polar surface area (TPSA) is 80.6 Å². The van der Waals surface area contributed by atoms with E-state index in [0.29, 0.717) is 12.3 Å². The van der Waals surface area contributed by atoms with Crippen LogP contribution >= 0.6 is 0 Å². The van der Waals surface area contributed by atoms with E-state index in [1.165, 1.54) is 10.6 Å². The normalized spacial score (nSPS) is 15.8. The molecule has 2 N–H and O–H groups in total. The summed E-state index contributed by atoms with van der Waals surface area (Å²) in [4.78, 5) is 24.1. The highest BCUT2D eigenvalue weighted by Gasteiger charge is 2.25. The maximum Gasteiger partial charge on any atom is 0.254 e. The largest absolute Gasteiger partial charge is 0.508 e. The highest BCUT2D eigenvalue weighted by atomic mass is 16.5. The first-order valence-electron chi connectivity index (χ1n) is 7.37. The van der Waals surface area contributed by atoms with Gasteiger partial charge >= 0.3 is 0 Å². The third kappa shape index (κ3) is 3.06. The first kappa shape index (κ1) is 15.1. The summed E-state index contributed by atoms with van der Waals surface area (Å²) in [6.07, 6.45) is 0. The van der Waals surface area contributed by atoms with E-state index in [0.717, 1.165) is 22.9 Å². The average molecular weight is 314 g/mol. The Bertz CT molecular complexity index is 826. The summed E-state index contributed by atoms with van der Waals surface area (Å²) in [6.45, 7) is 3.94. The number of nitrogens with one attached hydrogen (secondary N) is 1. The molecule has 3 rings (SSSR count). The number of hydrogen-bond donors (Lipinski definition) is 2. The first-order valence-corrected chi connectivity index (χ1v) is 7.37. The Hall–Kier alpha value is -2.76. The Kier molecular flexibility index (Phi) is 3.82. The summed E-state index contributed by atoms with van der Waals surface area (Å²) in [5, 5.41) is 12.3. The van der Waals surface area contributed by atoms with E-state index in [-0.39, 0.29) is 24.2 Å². The van der Waals surface area contributed by atoms with Crippen LogP contribution in [0.25, 0.3) is 0 Å². The molecule has 0 radical (unpaired) electrons. The predicted octanol–water partition coefficient (Wildman–Crippen LogP) is 1.42. The first-order chi connectivity index (χ1) is 10.9. The van der Waals surface area contributed by atoms with Gasteiger partial charge in [-0.15, -0.1) is 0 Å². The van der Waals surface area contributed by atoms with E-state index in [9.17, 15) is 14.7 Å². The molecule has 0 unspecified atom stereocenters. The number of carbonyl (C=O) groups excluding carboxylic acids is 1. The number of carbonyl (C=O) groups is 1. The van der Waals surface area contributed by atoms with Crippen LogP contribution < -0.4 is 15.6 Å². The van der Waals surface area contributed by atoms with Gasteiger partial charge in [-0.3, -0.25) is 9.59 Å². The van der Waals surface area contributed by atoms with E-state index >= 15 is 0 Å². The van der Waals surface area contributed by atoms with E-state index in [1.807, 2.05) is 25.1 Å². The molecule has 6 heteroatoms. The molecule has 0 saturated carbocycles. The summed E-state index contributed by atoms with van der Waals surface area (Å²) in [6, 6.07) is 8.17. The van der Waals surface area contributed by atoms with Crippen molar-refractivity contribution >= 4 is 5.91 Å². The number of aromatic nitrogens is 1. The molecule has 1 aromatic carbocycles. The van der Waals surface area contributed by atoms with Gasteiger partial charge in [0, 0.05) is 17.3 Å². The summed E-state index contributed by atoms with van der Waals surface area (Å²) < 4.78 is 6.89. The van der Waals surface area contributed by atoms with E-state index < -0.39 is 5.56 Å². The standard InChI is InChI=1S/C17H18N2O4/c1-10-3-4-15-13(5-10)14(9-23-15)18-16(21)8-19-11(2)6-12(20)7-17(19)22/h3-7,14,20H,8-9H2,1-2H3,(H,18,21)/t14-/m0/s1. The summed E-state index contributed by atoms with van der Waals surface area (Å²) in [5.41, 5.74) is 2.17. The maximum absolute atomic E-state index is 12.3. The van der Waals surface area contributed by atoms with Gasteiger partial charge in [-0.05, 0) is 26.0 Å². The molecule has 1 amide bonds. The lowest BCUT2D eigenvalue weighted by atomic mass is 10.1. The number of fused-ring (bicyclic) bond motifs is 1. The quantitative estimate of drug-likeness (QED) is 0.898. The maximum atomic E-state index is 12.3. The van der Waals surface area contributed by atoms with E-state index in [4.69, 9.17) is 4.74 Å². The molecule has 0 fully saturated rings. The second-order valence-corrected chi connectivity index (χ2v) is 5.75. The fraction of sp³-hybridized carbons (Fsp3) is 0.294. The monoisotopic (exact) mass is 314 g/mol. The van der Waals surface area contributed by atoms with Crippen molar-refractivity contribution in [1.29, 1.82) is 0 Å². The number of ether oxygens (including phenoxy) is 1. The Labute approximate surface area is 133 Å². The molecule has 1 atom stereocenters. The number of pyridine rings is 1. The summed E-state index contributed by atoms with van der Waals surface area (Å²) in [7, 11) is 0. The van der Waals surface area contributed by atoms with Crippen LogP contribution in [0.3, 0.4) is 0 Å². The van der Waals surface area contributed by atoms with Gasteiger partial charge in [0.15, 0.2) is 0 Å². The van der Waals surface area contributed by atoms with Gasteiger partial charge in [0.2, 0.25) is 5.91 Å². The highest BCUT2D eigenvalue weighted by Crippen LogP contribution is 2.32. The molecule has 6 nitrogen and oxygen atoms in total. The second kappa shape index (κ2) is 5.79. The van der Waals surface area contributed by atoms with Crippen LogP contribution in [-0.4, -0.2) is 22.2 Å². The smallest absolute Gasteiger partial charge is 0.254 e. The molecule has 0 bridgehead atoms. The molecular weight excluding hydrogens is 296 g/mol. The van der Waals surface area contributed by atoms with Gasteiger partial charge in [-0.2, -0.15) is 0 Å². The fourth-order valence-corrected chi connectivity index (χ4v) is 2.75. The molecule has 23 heavy (non-hydrogen) atoms. The van der Waals surface area contributed by atoms with Crippen molar-refractivity contribution < 1.29 is 14.6 Å². The predicted molar refractivity (Wildman–Crippen MR) is 84.7 cm³/mol. The zero-order chi connectivity index (χ0) is 16.6. The van der Waals surface area contributed by atoms with Gasteiger partial charge in [0.25, 0.3) is 5.56 Å². The number of aromatic hydroxyl groups is 1. The zero-order valence-electron chi connectivity index (χ0n) is 13.0. The minimum Gasteiger partial charge on any atom is -0.508 e. The van der Waals surface area contributed by atoms with Crippen molar-refractivity contribution in [3.8, 4) is 11.5 Å². The van der Waals surface area contributed by atoms with Gasteiger partial charge in [-0.25, -0.2) is 0 Å². The lowest BCUT2D eigenvalue weighted by Crippen LogP contribution is -2.35. The third-order valence-electron chi connectivity index (χ3n) is 3.90. The molecule has 0 spiro atoms. The minimum absolute atomic E-state index is 0.0946. The molecular formula is C17H18N2O4. The third-order valence-corrected chi connectivity index (χ3v) is 3.90. The average Bonchev–Trinajstić information content (AvgIpc) is 2.85. The van der Waals surface area contributed by atoms with Crippen LogP contribution in [0.15, 0.2) is 35.1 Å². The molecule has 2 aromatic rings. The Balaban J connectivity index is 1.75. The zero-order valence-corrected chi connectivity index (χ0v) is 13.0. The number of hydrogen-bond acceptors (Lipinski definition) is 4. The van der Waals surface area contributed by atoms with E-state index in [2.05, 4.69) is 5.32 Å². The van der Waals surface area contributed by atoms with Crippen molar-refractivity contribution in [1.82, 2.24) is 9.88 Å². The van der Waals surface area contributed by atoms with Gasteiger partial charge < -0.3 is 19.7 Å². The second-order valence-electron chi connectivity index (χ2n) is 5.75. The van der Waals surface area contributed by atoms with Crippen LogP contribution in [-0.2, 0) is 11.3 Å². The Morgan fingerprint density at radius 3 is 2.87 bits per heavy atom. The highest BCUT2D eigenvalue weighted by molar-refractivity contribution is 5.76. The van der Waals surface area contributed by atoms with Gasteiger partial charge in [0.1, 0.15) is 24.7 Å². The molecule has 120 valence electrons. The molecule has 1 aromatic heterocycles. The van der Waals surface area contributed by atoms with Crippen LogP contribution in [0.4, 0.5) is 0 Å². The van der Waals surface area contributed by atoms with E-state index in [1.54, 1.807) is 6.92 Å². The summed E-state index contributed by atoms with van der Waals surface area (Å²) in [5.74, 6) is 0.403. The number of nitrogens with zero attached hydrogens (tertiary/aromatic N) is 1.